The van der Waals surface area contributed by atoms with Crippen molar-refractivity contribution in [1.29, 1.82) is 0 Å². The van der Waals surface area contributed by atoms with E-state index in [1.165, 1.54) is 0 Å². The fourth-order valence-electron chi connectivity index (χ4n) is 2.27. The molecule has 17 heavy (non-hydrogen) atoms. The van der Waals surface area contributed by atoms with Crippen LogP contribution >= 0.6 is 0 Å². The van der Waals surface area contributed by atoms with E-state index in [0.717, 1.165) is 22.3 Å². The number of rotatable bonds is 2. The standard InChI is InChI=1S/C15H12O2/c16-17-15-13-9-5-4-8-12(13)10-14(15)11-6-2-1-3-7-11/h1-10,15-16H. The summed E-state index contributed by atoms with van der Waals surface area (Å²) >= 11 is 0. The van der Waals surface area contributed by atoms with Crippen molar-refractivity contribution in [3.8, 4) is 0 Å². The van der Waals surface area contributed by atoms with E-state index in [4.69, 9.17) is 5.26 Å². The predicted octanol–water partition coefficient (Wildman–Crippen LogP) is 3.77. The zero-order valence-corrected chi connectivity index (χ0v) is 9.21. The van der Waals surface area contributed by atoms with E-state index in [1.807, 2.05) is 54.6 Å². The van der Waals surface area contributed by atoms with Crippen molar-refractivity contribution in [2.24, 2.45) is 0 Å². The second-order valence-electron chi connectivity index (χ2n) is 4.08. The van der Waals surface area contributed by atoms with Crippen LogP contribution < -0.4 is 0 Å². The summed E-state index contributed by atoms with van der Waals surface area (Å²) in [5, 5.41) is 9.10. The molecular weight excluding hydrogens is 212 g/mol. The Morgan fingerprint density at radius 1 is 0.882 bits per heavy atom. The molecule has 1 N–H and O–H groups in total. The third-order valence-corrected chi connectivity index (χ3v) is 3.08. The van der Waals surface area contributed by atoms with Gasteiger partial charge in [0.15, 0.2) is 0 Å². The minimum Gasteiger partial charge on any atom is -0.251 e. The Bertz CT molecular complexity index is 558. The van der Waals surface area contributed by atoms with Gasteiger partial charge in [-0.1, -0.05) is 54.6 Å². The monoisotopic (exact) mass is 224 g/mol. The predicted molar refractivity (Wildman–Crippen MR) is 67.2 cm³/mol. The minimum absolute atomic E-state index is 0.381. The zero-order chi connectivity index (χ0) is 11.7. The molecular formula is C15H12O2. The molecule has 1 aliphatic rings. The third kappa shape index (κ3) is 1.68. The fraction of sp³-hybridized carbons (Fsp3) is 0.0667. The molecule has 2 aromatic carbocycles. The summed E-state index contributed by atoms with van der Waals surface area (Å²) in [7, 11) is 0. The van der Waals surface area contributed by atoms with Crippen molar-refractivity contribution in [1.82, 2.24) is 0 Å². The first-order valence-corrected chi connectivity index (χ1v) is 5.56. The highest BCUT2D eigenvalue weighted by atomic mass is 17.1. The lowest BCUT2D eigenvalue weighted by Crippen LogP contribution is -2.01. The van der Waals surface area contributed by atoms with Crippen LogP contribution in [0.25, 0.3) is 11.6 Å². The average molecular weight is 224 g/mol. The van der Waals surface area contributed by atoms with Gasteiger partial charge in [0.2, 0.25) is 0 Å². The Morgan fingerprint density at radius 2 is 1.59 bits per heavy atom. The second kappa shape index (κ2) is 4.17. The Kier molecular flexibility index (Phi) is 2.52. The van der Waals surface area contributed by atoms with Crippen LogP contribution in [-0.2, 0) is 4.89 Å². The first-order valence-electron chi connectivity index (χ1n) is 5.56. The van der Waals surface area contributed by atoms with Crippen molar-refractivity contribution in [2.45, 2.75) is 6.10 Å². The summed E-state index contributed by atoms with van der Waals surface area (Å²) in [5.41, 5.74) is 4.18. The van der Waals surface area contributed by atoms with E-state index in [0.29, 0.717) is 0 Å². The Labute approximate surface area is 99.7 Å². The van der Waals surface area contributed by atoms with E-state index in [2.05, 4.69) is 11.0 Å². The lowest BCUT2D eigenvalue weighted by molar-refractivity contribution is -0.265. The molecule has 2 heteroatoms. The van der Waals surface area contributed by atoms with Gasteiger partial charge in [-0.15, -0.1) is 0 Å². The summed E-state index contributed by atoms with van der Waals surface area (Å²) in [4.78, 5) is 4.64. The van der Waals surface area contributed by atoms with Crippen LogP contribution in [0.1, 0.15) is 22.8 Å². The summed E-state index contributed by atoms with van der Waals surface area (Å²) in [6.07, 6.45) is 1.68. The Hall–Kier alpha value is -1.90. The molecule has 2 aromatic rings. The molecule has 0 saturated carbocycles. The lowest BCUT2D eigenvalue weighted by atomic mass is 10.0. The first-order chi connectivity index (χ1) is 8.40. The van der Waals surface area contributed by atoms with Crippen LogP contribution in [0.3, 0.4) is 0 Å². The highest BCUT2D eigenvalue weighted by molar-refractivity contribution is 5.90. The van der Waals surface area contributed by atoms with Crippen molar-refractivity contribution < 1.29 is 10.1 Å². The van der Waals surface area contributed by atoms with E-state index in [9.17, 15) is 0 Å². The molecule has 0 aliphatic heterocycles. The normalized spacial score (nSPS) is 17.7. The van der Waals surface area contributed by atoms with Crippen molar-refractivity contribution in [3.05, 3.63) is 71.3 Å². The van der Waals surface area contributed by atoms with Gasteiger partial charge < -0.3 is 0 Å². The molecule has 0 saturated heterocycles. The smallest absolute Gasteiger partial charge is 0.144 e. The summed E-state index contributed by atoms with van der Waals surface area (Å²) < 4.78 is 0. The second-order valence-corrected chi connectivity index (χ2v) is 4.08. The van der Waals surface area contributed by atoms with Gasteiger partial charge in [0.1, 0.15) is 6.10 Å². The highest BCUT2D eigenvalue weighted by Crippen LogP contribution is 2.41. The van der Waals surface area contributed by atoms with Crippen LogP contribution in [-0.4, -0.2) is 5.26 Å². The van der Waals surface area contributed by atoms with Crippen molar-refractivity contribution in [3.63, 3.8) is 0 Å². The Morgan fingerprint density at radius 3 is 2.35 bits per heavy atom. The van der Waals surface area contributed by atoms with E-state index >= 15 is 0 Å². The molecule has 1 aliphatic carbocycles. The SMILES string of the molecule is OOC1C(c2ccccc2)=Cc2ccccc21. The molecule has 1 atom stereocenters. The minimum atomic E-state index is -0.381. The maximum atomic E-state index is 9.10. The highest BCUT2D eigenvalue weighted by Gasteiger charge is 2.26. The molecule has 0 heterocycles. The molecule has 0 radical (unpaired) electrons. The van der Waals surface area contributed by atoms with Gasteiger partial charge in [0, 0.05) is 0 Å². The van der Waals surface area contributed by atoms with E-state index in [1.54, 1.807) is 0 Å². The molecule has 0 bridgehead atoms. The quantitative estimate of drug-likeness (QED) is 0.621. The molecule has 3 rings (SSSR count). The average Bonchev–Trinajstić information content (AvgIpc) is 2.78. The number of benzene rings is 2. The number of fused-ring (bicyclic) bond motifs is 1. The van der Waals surface area contributed by atoms with Gasteiger partial charge in [-0.3, -0.25) is 5.26 Å². The zero-order valence-electron chi connectivity index (χ0n) is 9.21. The van der Waals surface area contributed by atoms with E-state index < -0.39 is 0 Å². The number of hydrogen-bond donors (Lipinski definition) is 1. The molecule has 2 nitrogen and oxygen atoms in total. The van der Waals surface area contributed by atoms with E-state index in [-0.39, 0.29) is 6.10 Å². The Balaban J connectivity index is 2.09. The topological polar surface area (TPSA) is 29.5 Å². The molecule has 0 amide bonds. The van der Waals surface area contributed by atoms with Crippen molar-refractivity contribution >= 4 is 11.6 Å². The van der Waals surface area contributed by atoms with Gasteiger partial charge in [-0.2, -0.15) is 0 Å². The maximum absolute atomic E-state index is 9.10. The maximum Gasteiger partial charge on any atom is 0.144 e. The van der Waals surface area contributed by atoms with Gasteiger partial charge >= 0.3 is 0 Å². The number of hydrogen-bond acceptors (Lipinski definition) is 2. The van der Waals surface area contributed by atoms with Gasteiger partial charge in [-0.05, 0) is 28.3 Å². The first kappa shape index (κ1) is 10.3. The molecule has 84 valence electrons. The van der Waals surface area contributed by atoms with Gasteiger partial charge in [0.25, 0.3) is 0 Å². The molecule has 0 fully saturated rings. The van der Waals surface area contributed by atoms with Crippen LogP contribution in [0.2, 0.25) is 0 Å². The summed E-state index contributed by atoms with van der Waals surface area (Å²) in [6.45, 7) is 0. The third-order valence-electron chi connectivity index (χ3n) is 3.08. The van der Waals surface area contributed by atoms with Crippen LogP contribution in [0.4, 0.5) is 0 Å². The summed E-state index contributed by atoms with van der Waals surface area (Å²) in [5.74, 6) is 0. The van der Waals surface area contributed by atoms with Crippen LogP contribution in [0.15, 0.2) is 54.6 Å². The van der Waals surface area contributed by atoms with Crippen LogP contribution in [0.5, 0.6) is 0 Å². The van der Waals surface area contributed by atoms with Crippen LogP contribution in [0, 0.1) is 0 Å². The molecule has 0 spiro atoms. The van der Waals surface area contributed by atoms with Crippen molar-refractivity contribution in [2.75, 3.05) is 0 Å². The fourth-order valence-corrected chi connectivity index (χ4v) is 2.27. The summed E-state index contributed by atoms with van der Waals surface area (Å²) in [6, 6.07) is 17.9. The van der Waals surface area contributed by atoms with Gasteiger partial charge in [-0.25, -0.2) is 4.89 Å². The lowest BCUT2D eigenvalue weighted by Gasteiger charge is -2.13. The largest absolute Gasteiger partial charge is 0.251 e. The van der Waals surface area contributed by atoms with Gasteiger partial charge in [0.05, 0.1) is 0 Å². The molecule has 0 aromatic heterocycles. The molecule has 1 unspecified atom stereocenters.